The van der Waals surface area contributed by atoms with Gasteiger partial charge in [0.15, 0.2) is 5.82 Å². The Labute approximate surface area is 142 Å². The fourth-order valence-electron chi connectivity index (χ4n) is 2.38. The lowest BCUT2D eigenvalue weighted by atomic mass is 10.1. The second kappa shape index (κ2) is 6.29. The maximum absolute atomic E-state index is 12.4. The first-order valence-electron chi connectivity index (χ1n) is 7.13. The van der Waals surface area contributed by atoms with Crippen molar-refractivity contribution in [1.29, 1.82) is 0 Å². The molecule has 1 heterocycles. The molecule has 1 aromatic heterocycles. The number of halogens is 1. The molecule has 0 atom stereocenters. The lowest BCUT2D eigenvalue weighted by Gasteiger charge is -1.99. The van der Waals surface area contributed by atoms with Crippen LogP contribution in [0.4, 0.5) is 0 Å². The summed E-state index contributed by atoms with van der Waals surface area (Å²) in [5.74, 6) is -0.919. The molecule has 24 heavy (non-hydrogen) atoms. The molecule has 3 rings (SSSR count). The summed E-state index contributed by atoms with van der Waals surface area (Å²) in [4.78, 5) is 27.5. The van der Waals surface area contributed by atoms with Crippen molar-refractivity contribution in [2.75, 3.05) is 0 Å². The van der Waals surface area contributed by atoms with E-state index in [4.69, 9.17) is 16.7 Å². The number of hydrogen-bond acceptors (Lipinski definition) is 3. The molecule has 0 fully saturated rings. The zero-order chi connectivity index (χ0) is 17.3. The number of allylic oxidation sites excluding steroid dienone is 1. The van der Waals surface area contributed by atoms with Crippen LogP contribution in [0.3, 0.4) is 0 Å². The van der Waals surface area contributed by atoms with Crippen molar-refractivity contribution in [1.82, 2.24) is 9.55 Å². The van der Waals surface area contributed by atoms with E-state index >= 15 is 0 Å². The lowest BCUT2D eigenvalue weighted by molar-refractivity contribution is 0.0696. The monoisotopic (exact) mass is 340 g/mol. The molecule has 5 nitrogen and oxygen atoms in total. The lowest BCUT2D eigenvalue weighted by Crippen LogP contribution is -2.04. The van der Waals surface area contributed by atoms with Crippen LogP contribution in [0.15, 0.2) is 48.5 Å². The molecule has 2 aromatic carbocycles. The number of nitrogens with zero attached hydrogens (tertiary/aromatic N) is 2. The van der Waals surface area contributed by atoms with Gasteiger partial charge in [-0.25, -0.2) is 9.78 Å². The van der Waals surface area contributed by atoms with Crippen molar-refractivity contribution in [3.05, 3.63) is 70.5 Å². The highest BCUT2D eigenvalue weighted by atomic mass is 35.5. The van der Waals surface area contributed by atoms with Gasteiger partial charge in [-0.3, -0.25) is 4.79 Å². The van der Waals surface area contributed by atoms with Crippen LogP contribution in [0, 0.1) is 0 Å². The molecular formula is C18H13ClN2O3. The molecule has 0 bridgehead atoms. The van der Waals surface area contributed by atoms with E-state index in [9.17, 15) is 9.59 Å². The number of ketones is 1. The zero-order valence-electron chi connectivity index (χ0n) is 12.7. The van der Waals surface area contributed by atoms with Gasteiger partial charge in [0.25, 0.3) is 0 Å². The predicted octanol–water partition coefficient (Wildman–Crippen LogP) is 3.82. The summed E-state index contributed by atoms with van der Waals surface area (Å²) in [6.45, 7) is 0. The molecule has 6 heteroatoms. The maximum atomic E-state index is 12.4. The summed E-state index contributed by atoms with van der Waals surface area (Å²) < 4.78 is 1.71. The average molecular weight is 341 g/mol. The summed E-state index contributed by atoms with van der Waals surface area (Å²) in [5.41, 5.74) is 2.41. The fraction of sp³-hybridized carbons (Fsp3) is 0.0556. The molecule has 0 aliphatic carbocycles. The van der Waals surface area contributed by atoms with Crippen LogP contribution in [0.25, 0.3) is 17.1 Å². The van der Waals surface area contributed by atoms with E-state index in [1.54, 1.807) is 42.0 Å². The van der Waals surface area contributed by atoms with E-state index in [2.05, 4.69) is 4.98 Å². The Kier molecular flexibility index (Phi) is 4.18. The zero-order valence-corrected chi connectivity index (χ0v) is 13.5. The Morgan fingerprint density at radius 3 is 2.54 bits per heavy atom. The van der Waals surface area contributed by atoms with Crippen molar-refractivity contribution in [3.8, 4) is 0 Å². The van der Waals surface area contributed by atoms with Crippen molar-refractivity contribution in [3.63, 3.8) is 0 Å². The first kappa shape index (κ1) is 16.0. The van der Waals surface area contributed by atoms with Crippen LogP contribution in [-0.2, 0) is 7.05 Å². The SMILES string of the molecule is Cn1c(C(=O)/C=C\c2ccc(C(=O)O)cc2)nc2cc(Cl)ccc21. The van der Waals surface area contributed by atoms with Gasteiger partial charge in [0.05, 0.1) is 16.6 Å². The third-order valence-corrected chi connectivity index (χ3v) is 3.88. The Hall–Kier alpha value is -2.92. The standard InChI is InChI=1S/C18H13ClN2O3/c1-21-15-8-7-13(19)10-14(15)20-17(21)16(22)9-4-11-2-5-12(6-3-11)18(23)24/h2-10H,1H3,(H,23,24)/b9-4-. The van der Waals surface area contributed by atoms with Crippen molar-refractivity contribution < 1.29 is 14.7 Å². The molecule has 3 aromatic rings. The fourth-order valence-corrected chi connectivity index (χ4v) is 2.54. The molecule has 0 aliphatic rings. The molecule has 0 saturated carbocycles. The number of carbonyl (C=O) groups excluding carboxylic acids is 1. The minimum Gasteiger partial charge on any atom is -0.478 e. The number of rotatable bonds is 4. The van der Waals surface area contributed by atoms with E-state index in [1.807, 2.05) is 6.07 Å². The van der Waals surface area contributed by atoms with Crippen LogP contribution < -0.4 is 0 Å². The van der Waals surface area contributed by atoms with E-state index in [0.717, 1.165) is 11.1 Å². The third-order valence-electron chi connectivity index (χ3n) is 3.65. The van der Waals surface area contributed by atoms with Crippen LogP contribution in [0.2, 0.25) is 5.02 Å². The van der Waals surface area contributed by atoms with E-state index in [0.29, 0.717) is 16.4 Å². The van der Waals surface area contributed by atoms with E-state index in [-0.39, 0.29) is 11.3 Å². The van der Waals surface area contributed by atoms with E-state index in [1.165, 1.54) is 18.2 Å². The number of fused-ring (bicyclic) bond motifs is 1. The summed E-state index contributed by atoms with van der Waals surface area (Å²) in [6.07, 6.45) is 3.04. The topological polar surface area (TPSA) is 72.2 Å². The van der Waals surface area contributed by atoms with Crippen molar-refractivity contribution in [2.24, 2.45) is 7.05 Å². The Bertz CT molecular complexity index is 972. The highest BCUT2D eigenvalue weighted by Crippen LogP contribution is 2.20. The van der Waals surface area contributed by atoms with Gasteiger partial charge >= 0.3 is 5.97 Å². The van der Waals surface area contributed by atoms with Crippen LogP contribution in [0.5, 0.6) is 0 Å². The number of aryl methyl sites for hydroxylation is 1. The number of carboxylic acid groups (broad SMARTS) is 1. The number of imidazole rings is 1. The number of hydrogen-bond donors (Lipinski definition) is 1. The first-order valence-corrected chi connectivity index (χ1v) is 7.51. The van der Waals surface area contributed by atoms with Gasteiger partial charge in [-0.1, -0.05) is 29.8 Å². The third kappa shape index (κ3) is 3.07. The van der Waals surface area contributed by atoms with Crippen LogP contribution in [0.1, 0.15) is 26.5 Å². The Morgan fingerprint density at radius 1 is 1.17 bits per heavy atom. The highest BCUT2D eigenvalue weighted by molar-refractivity contribution is 6.31. The molecule has 1 N–H and O–H groups in total. The Balaban J connectivity index is 1.86. The van der Waals surface area contributed by atoms with Gasteiger partial charge in [0.1, 0.15) is 0 Å². The summed E-state index contributed by atoms with van der Waals surface area (Å²) in [7, 11) is 1.77. The second-order valence-electron chi connectivity index (χ2n) is 5.25. The molecule has 0 unspecified atom stereocenters. The van der Waals surface area contributed by atoms with Gasteiger partial charge in [0, 0.05) is 12.1 Å². The number of carboxylic acids is 1. The quantitative estimate of drug-likeness (QED) is 0.579. The van der Waals surface area contributed by atoms with Crippen molar-refractivity contribution in [2.45, 2.75) is 0 Å². The molecule has 0 aliphatic heterocycles. The predicted molar refractivity (Wildman–Crippen MR) is 92.5 cm³/mol. The molecular weight excluding hydrogens is 328 g/mol. The molecule has 120 valence electrons. The minimum atomic E-state index is -0.986. The van der Waals surface area contributed by atoms with Crippen LogP contribution in [-0.4, -0.2) is 26.4 Å². The average Bonchev–Trinajstić information content (AvgIpc) is 2.89. The largest absolute Gasteiger partial charge is 0.478 e. The van der Waals surface area contributed by atoms with Crippen molar-refractivity contribution >= 4 is 40.5 Å². The number of benzene rings is 2. The number of aromatic carboxylic acids is 1. The molecule has 0 radical (unpaired) electrons. The normalized spacial score (nSPS) is 11.2. The van der Waals surface area contributed by atoms with Gasteiger partial charge in [-0.2, -0.15) is 0 Å². The summed E-state index contributed by atoms with van der Waals surface area (Å²) >= 11 is 5.95. The van der Waals surface area contributed by atoms with Gasteiger partial charge in [-0.15, -0.1) is 0 Å². The molecule has 0 spiro atoms. The summed E-state index contributed by atoms with van der Waals surface area (Å²) in [6, 6.07) is 11.5. The summed E-state index contributed by atoms with van der Waals surface area (Å²) in [5, 5.41) is 9.43. The van der Waals surface area contributed by atoms with Gasteiger partial charge < -0.3 is 9.67 Å². The number of aromatic nitrogens is 2. The van der Waals surface area contributed by atoms with E-state index < -0.39 is 5.97 Å². The minimum absolute atomic E-state index is 0.200. The highest BCUT2D eigenvalue weighted by Gasteiger charge is 2.13. The smallest absolute Gasteiger partial charge is 0.335 e. The van der Waals surface area contributed by atoms with Crippen LogP contribution >= 0.6 is 11.6 Å². The first-order chi connectivity index (χ1) is 11.5. The maximum Gasteiger partial charge on any atom is 0.335 e. The number of carbonyl (C=O) groups is 2. The molecule has 0 amide bonds. The second-order valence-corrected chi connectivity index (χ2v) is 5.69. The Morgan fingerprint density at radius 2 is 1.88 bits per heavy atom. The van der Waals surface area contributed by atoms with Gasteiger partial charge in [0.2, 0.25) is 5.78 Å². The van der Waals surface area contributed by atoms with Gasteiger partial charge in [-0.05, 0) is 42.0 Å². The molecule has 0 saturated heterocycles.